The summed E-state index contributed by atoms with van der Waals surface area (Å²) in [6.07, 6.45) is 5.89. The van der Waals surface area contributed by atoms with E-state index in [-0.39, 0.29) is 67.8 Å². The minimum absolute atomic E-state index is 0. The molecule has 8 aromatic rings. The van der Waals surface area contributed by atoms with Gasteiger partial charge in [0.2, 0.25) is 0 Å². The van der Waals surface area contributed by atoms with Crippen LogP contribution in [0, 0.1) is 12.8 Å². The van der Waals surface area contributed by atoms with Crippen LogP contribution < -0.4 is 10.2 Å². The number of carbonyl (C=O) groups excluding carboxylic acids is 4. The minimum atomic E-state index is -0.264. The number of hydrogen-bond donors (Lipinski definition) is 2. The third-order valence-corrected chi connectivity index (χ3v) is 11.7. The van der Waals surface area contributed by atoms with E-state index in [0.29, 0.717) is 22.3 Å². The molecular formula is C66H60O8Ti. The number of allylic oxidation sites excluding steroid dienone is 4. The number of phenols is 2. The molecule has 0 atom stereocenters. The van der Waals surface area contributed by atoms with E-state index in [1.807, 2.05) is 72.8 Å². The molecule has 0 spiro atoms. The van der Waals surface area contributed by atoms with E-state index < -0.39 is 0 Å². The van der Waals surface area contributed by atoms with E-state index in [4.69, 9.17) is 0 Å². The van der Waals surface area contributed by atoms with Gasteiger partial charge in [-0.1, -0.05) is 208 Å². The Balaban J connectivity index is 0.000000216. The van der Waals surface area contributed by atoms with Crippen LogP contribution in [0.25, 0.3) is 22.3 Å². The molecule has 0 saturated carbocycles. The second-order valence-corrected chi connectivity index (χ2v) is 16.7. The number of hydrogen-bond acceptors (Lipinski definition) is 8. The molecule has 0 aliphatic heterocycles. The Morgan fingerprint density at radius 2 is 0.493 bits per heavy atom. The maximum atomic E-state index is 11.8. The van der Waals surface area contributed by atoms with Crippen LogP contribution in [0.1, 0.15) is 117 Å². The van der Waals surface area contributed by atoms with Crippen molar-refractivity contribution in [3.8, 4) is 23.0 Å². The molecule has 75 heavy (non-hydrogen) atoms. The van der Waals surface area contributed by atoms with Crippen LogP contribution in [0.5, 0.6) is 23.0 Å². The number of aromatic hydroxyl groups is 2. The summed E-state index contributed by atoms with van der Waals surface area (Å²) in [6.45, 7) is 8.49. The molecule has 0 radical (unpaired) electrons. The number of carbonyl (C=O) groups is 4. The Bertz CT molecular complexity index is 2650. The summed E-state index contributed by atoms with van der Waals surface area (Å²) in [4.78, 5) is 47.0. The van der Waals surface area contributed by atoms with Gasteiger partial charge in [-0.25, -0.2) is 0 Å². The zero-order valence-electron chi connectivity index (χ0n) is 42.6. The molecule has 0 aliphatic rings. The SMILES string of the molecule is CC/C(=C(/CC)c1ccc(O)cc1)c1ccc([O-])cc1.CC/C(=C(/CC)c1ccc(O)cc1)c1ccc([O-])cc1.O=C([CH-]C(=O)c1ccccc1)c1ccccc1.O=C([CH-]C(=O)c1ccccc1)c1ccccc1.[Ti+4]. The van der Waals surface area contributed by atoms with Crippen molar-refractivity contribution >= 4 is 45.4 Å². The molecule has 8 aromatic carbocycles. The van der Waals surface area contributed by atoms with Crippen molar-refractivity contribution in [2.24, 2.45) is 0 Å². The van der Waals surface area contributed by atoms with Crippen LogP contribution in [0.4, 0.5) is 0 Å². The molecule has 0 bridgehead atoms. The van der Waals surface area contributed by atoms with Gasteiger partial charge in [-0.3, -0.25) is 0 Å². The maximum Gasteiger partial charge on any atom is 4.00 e. The van der Waals surface area contributed by atoms with Crippen LogP contribution in [0.3, 0.4) is 0 Å². The summed E-state index contributed by atoms with van der Waals surface area (Å²) >= 11 is 0. The normalized spacial score (nSPS) is 10.8. The Morgan fingerprint density at radius 3 is 0.680 bits per heavy atom. The van der Waals surface area contributed by atoms with Gasteiger partial charge in [0.1, 0.15) is 11.5 Å². The summed E-state index contributed by atoms with van der Waals surface area (Å²) in [5, 5.41) is 41.3. The van der Waals surface area contributed by atoms with Crippen LogP contribution in [0.2, 0.25) is 0 Å². The third-order valence-electron chi connectivity index (χ3n) is 11.7. The Hall–Kier alpha value is -8.43. The summed E-state index contributed by atoms with van der Waals surface area (Å²) in [7, 11) is 0. The van der Waals surface area contributed by atoms with Crippen molar-refractivity contribution in [1.29, 1.82) is 0 Å². The topological polar surface area (TPSA) is 155 Å². The van der Waals surface area contributed by atoms with Crippen LogP contribution in [0.15, 0.2) is 218 Å². The fourth-order valence-corrected chi connectivity index (χ4v) is 7.99. The first kappa shape index (κ1) is 59.1. The third kappa shape index (κ3) is 18.5. The average molecular weight is 1030 g/mol. The molecule has 0 heterocycles. The summed E-state index contributed by atoms with van der Waals surface area (Å²) in [5.41, 5.74) is 11.5. The smallest absolute Gasteiger partial charge is 0.872 e. The first-order chi connectivity index (χ1) is 35.8. The first-order valence-electron chi connectivity index (χ1n) is 24.5. The predicted molar refractivity (Wildman–Crippen MR) is 294 cm³/mol. The summed E-state index contributed by atoms with van der Waals surface area (Å²) in [6, 6.07) is 63.6. The molecule has 0 fully saturated rings. The number of ketones is 4. The summed E-state index contributed by atoms with van der Waals surface area (Å²) in [5.74, 6) is -0.437. The molecule has 0 amide bonds. The van der Waals surface area contributed by atoms with Crippen molar-refractivity contribution in [3.63, 3.8) is 0 Å². The predicted octanol–water partition coefficient (Wildman–Crippen LogP) is 14.3. The fourth-order valence-electron chi connectivity index (χ4n) is 7.99. The van der Waals surface area contributed by atoms with Gasteiger partial charge >= 0.3 is 21.7 Å². The van der Waals surface area contributed by atoms with Crippen LogP contribution >= 0.6 is 0 Å². The van der Waals surface area contributed by atoms with Crippen molar-refractivity contribution < 1.29 is 61.3 Å². The number of rotatable bonds is 16. The second kappa shape index (κ2) is 31.2. The van der Waals surface area contributed by atoms with E-state index in [0.717, 1.165) is 60.8 Å². The van der Waals surface area contributed by atoms with Gasteiger partial charge in [-0.05, 0) is 94.5 Å². The Labute approximate surface area is 456 Å². The van der Waals surface area contributed by atoms with Crippen molar-refractivity contribution in [2.75, 3.05) is 0 Å². The molecule has 0 unspecified atom stereocenters. The molecule has 0 aromatic heterocycles. The summed E-state index contributed by atoms with van der Waals surface area (Å²) < 4.78 is 0. The van der Waals surface area contributed by atoms with E-state index in [1.165, 1.54) is 22.3 Å². The molecule has 2 N–H and O–H groups in total. The van der Waals surface area contributed by atoms with E-state index in [2.05, 4.69) is 27.7 Å². The van der Waals surface area contributed by atoms with Gasteiger partial charge < -0.3 is 39.6 Å². The van der Waals surface area contributed by atoms with Gasteiger partial charge in [0, 0.05) is 0 Å². The van der Waals surface area contributed by atoms with Gasteiger partial charge in [0.25, 0.3) is 0 Å². The number of benzene rings is 8. The van der Waals surface area contributed by atoms with E-state index in [1.54, 1.807) is 146 Å². The maximum absolute atomic E-state index is 11.8. The molecule has 376 valence electrons. The fraction of sp³-hybridized carbons (Fsp3) is 0.121. The van der Waals surface area contributed by atoms with E-state index >= 15 is 0 Å². The molecule has 8 rings (SSSR count). The number of phenolic OH excluding ortho intramolecular Hbond substituents is 2. The molecule has 0 aliphatic carbocycles. The van der Waals surface area contributed by atoms with Gasteiger partial charge in [-0.2, -0.15) is 0 Å². The molecular weight excluding hydrogens is 969 g/mol. The van der Waals surface area contributed by atoms with Crippen LogP contribution in [-0.4, -0.2) is 33.3 Å². The Morgan fingerprint density at radius 1 is 0.307 bits per heavy atom. The van der Waals surface area contributed by atoms with Gasteiger partial charge in [0.15, 0.2) is 0 Å². The first-order valence-corrected chi connectivity index (χ1v) is 24.5. The van der Waals surface area contributed by atoms with Gasteiger partial charge in [-0.15, -0.1) is 60.0 Å². The monoisotopic (exact) mass is 1030 g/mol. The Kier molecular flexibility index (Phi) is 24.6. The largest absolute Gasteiger partial charge is 4.00 e. The van der Waals surface area contributed by atoms with Gasteiger partial charge in [0.05, 0.1) is 23.1 Å². The molecule has 8 nitrogen and oxygen atoms in total. The van der Waals surface area contributed by atoms with Crippen molar-refractivity contribution in [3.05, 3.63) is 276 Å². The average Bonchev–Trinajstić information content (AvgIpc) is 3.44. The second-order valence-electron chi connectivity index (χ2n) is 16.7. The van der Waals surface area contributed by atoms with Crippen molar-refractivity contribution in [1.82, 2.24) is 0 Å². The van der Waals surface area contributed by atoms with Crippen molar-refractivity contribution in [2.45, 2.75) is 53.4 Å². The standard InChI is InChI=1S/2C18H20O2.2C15H11O2.Ti/c2*1-3-17(13-5-9-15(19)10-6-13)18(4-2)14-7-11-16(20)12-8-14;2*16-14(12-7-3-1-4-8-12)11-15(17)13-9-5-2-6-10-13;/h2*5-12,19-20H,3-4H2,1-2H3;2*1-11H;/q;;2*-1;+4/p-2/b2*18-17+;;;. The zero-order valence-corrected chi connectivity index (χ0v) is 44.2. The zero-order chi connectivity index (χ0) is 53.2. The molecule has 9 heteroatoms. The number of Topliss-reactive ketones (excluding diaryl/α,β-unsaturated/α-hetero) is 4. The quantitative estimate of drug-likeness (QED) is 0.0319. The minimum Gasteiger partial charge on any atom is -0.872 e. The molecule has 0 saturated heterocycles. The van der Waals surface area contributed by atoms with Crippen LogP contribution in [-0.2, 0) is 21.7 Å². The van der Waals surface area contributed by atoms with E-state index in [9.17, 15) is 39.6 Å².